The van der Waals surface area contributed by atoms with E-state index in [1.54, 1.807) is 0 Å². The molecule has 2 atom stereocenters. The molecule has 1 aromatic heterocycles. The number of rotatable bonds is 1. The average Bonchev–Trinajstić information content (AvgIpc) is 2.84. The summed E-state index contributed by atoms with van der Waals surface area (Å²) in [6.45, 7) is 0. The lowest BCUT2D eigenvalue weighted by molar-refractivity contribution is 0.518. The summed E-state index contributed by atoms with van der Waals surface area (Å²) in [4.78, 5) is 4.16. The van der Waals surface area contributed by atoms with Gasteiger partial charge in [-0.15, -0.1) is 0 Å². The Labute approximate surface area is 117 Å². The highest BCUT2D eigenvalue weighted by Gasteiger charge is 2.40. The smallest absolute Gasteiger partial charge is 0.181 e. The van der Waals surface area contributed by atoms with Gasteiger partial charge in [0.1, 0.15) is 5.52 Å². The molecule has 2 aromatic rings. The van der Waals surface area contributed by atoms with Crippen molar-refractivity contribution in [3.63, 3.8) is 0 Å². The van der Waals surface area contributed by atoms with Crippen molar-refractivity contribution in [1.82, 2.24) is 4.98 Å². The number of benzene rings is 1. The minimum atomic E-state index is -2.95. The Kier molecular flexibility index (Phi) is 2.54. The zero-order valence-electron chi connectivity index (χ0n) is 11.0. The Morgan fingerprint density at radius 2 is 2.15 bits per heavy atom. The second kappa shape index (κ2) is 4.19. The second-order valence-corrected chi connectivity index (χ2v) is 8.06. The maximum Gasteiger partial charge on any atom is 0.181 e. The van der Waals surface area contributed by atoms with Gasteiger partial charge in [-0.3, -0.25) is 0 Å². The first-order valence-electron chi connectivity index (χ1n) is 6.91. The van der Waals surface area contributed by atoms with Crippen LogP contribution >= 0.6 is 0 Å². The van der Waals surface area contributed by atoms with Gasteiger partial charge in [0, 0.05) is 0 Å². The second-order valence-electron chi connectivity index (χ2n) is 5.61. The molecule has 1 aromatic carbocycles. The first kappa shape index (κ1) is 12.1. The Morgan fingerprint density at radius 1 is 1.25 bits per heavy atom. The first-order chi connectivity index (χ1) is 9.64. The molecule has 4 nitrogen and oxygen atoms in total. The van der Waals surface area contributed by atoms with Crippen LogP contribution in [-0.2, 0) is 9.84 Å². The fourth-order valence-corrected chi connectivity index (χ4v) is 5.58. The third-order valence-electron chi connectivity index (χ3n) is 4.44. The predicted molar refractivity (Wildman–Crippen MR) is 76.9 cm³/mol. The van der Waals surface area contributed by atoms with Crippen molar-refractivity contribution in [2.45, 2.75) is 36.2 Å². The molecule has 0 spiro atoms. The minimum Gasteiger partial charge on any atom is -0.443 e. The van der Waals surface area contributed by atoms with Crippen LogP contribution in [0, 0.1) is 0 Å². The number of allylic oxidation sites excluding steroid dienone is 1. The predicted octanol–water partition coefficient (Wildman–Crippen LogP) is 2.95. The molecular weight excluding hydrogens is 274 g/mol. The van der Waals surface area contributed by atoms with E-state index in [-0.39, 0.29) is 10.5 Å². The Balaban J connectivity index is 1.80. The van der Waals surface area contributed by atoms with Gasteiger partial charge in [0.2, 0.25) is 0 Å². The van der Waals surface area contributed by atoms with Crippen molar-refractivity contribution in [3.8, 4) is 0 Å². The van der Waals surface area contributed by atoms with Gasteiger partial charge in [-0.2, -0.15) is 0 Å². The third kappa shape index (κ3) is 1.73. The SMILES string of the molecule is O=S1(=O)C2C=C(c3ccc4ocnc4c3)CC1CCC2. The monoisotopic (exact) mass is 289 g/mol. The molecule has 104 valence electrons. The number of sulfone groups is 1. The van der Waals surface area contributed by atoms with Crippen LogP contribution in [0.4, 0.5) is 0 Å². The van der Waals surface area contributed by atoms with Crippen LogP contribution < -0.4 is 0 Å². The summed E-state index contributed by atoms with van der Waals surface area (Å²) in [6, 6.07) is 5.88. The molecule has 5 heteroatoms. The van der Waals surface area contributed by atoms with Gasteiger partial charge < -0.3 is 4.42 Å². The number of hydrogen-bond donors (Lipinski definition) is 0. The van der Waals surface area contributed by atoms with Crippen molar-refractivity contribution >= 4 is 26.5 Å². The van der Waals surface area contributed by atoms with E-state index in [0.29, 0.717) is 6.42 Å². The minimum absolute atomic E-state index is 0.200. The fourth-order valence-electron chi connectivity index (χ4n) is 3.33. The Hall–Kier alpha value is -1.62. The van der Waals surface area contributed by atoms with Crippen LogP contribution in [0.1, 0.15) is 31.2 Å². The van der Waals surface area contributed by atoms with E-state index in [1.807, 2.05) is 24.3 Å². The summed E-state index contributed by atoms with van der Waals surface area (Å²) in [5.41, 5.74) is 3.79. The third-order valence-corrected chi connectivity index (χ3v) is 6.98. The normalized spacial score (nSPS) is 28.3. The van der Waals surface area contributed by atoms with E-state index in [2.05, 4.69) is 4.98 Å². The largest absolute Gasteiger partial charge is 0.443 e. The Bertz CT molecular complexity index is 803. The van der Waals surface area contributed by atoms with Gasteiger partial charge in [-0.25, -0.2) is 13.4 Å². The van der Waals surface area contributed by atoms with Crippen LogP contribution in [0.25, 0.3) is 16.7 Å². The highest BCUT2D eigenvalue weighted by atomic mass is 32.2. The standard InChI is InChI=1S/C15H15NO3S/c17-20(18)12-2-1-3-13(20)7-11(6-12)10-4-5-15-14(8-10)16-9-19-15/h4-6,8-9,12-13H,1-3,7H2. The number of aromatic nitrogens is 1. The van der Waals surface area contributed by atoms with Crippen molar-refractivity contribution in [1.29, 1.82) is 0 Å². The van der Waals surface area contributed by atoms with Gasteiger partial charge in [0.15, 0.2) is 21.8 Å². The molecule has 3 heterocycles. The molecule has 0 amide bonds. The maximum absolute atomic E-state index is 12.3. The summed E-state index contributed by atoms with van der Waals surface area (Å²) in [5, 5.41) is -0.493. The lowest BCUT2D eigenvalue weighted by Gasteiger charge is -2.33. The summed E-state index contributed by atoms with van der Waals surface area (Å²) in [6.07, 6.45) is 6.58. The number of nitrogens with zero attached hydrogens (tertiary/aromatic N) is 1. The van der Waals surface area contributed by atoms with E-state index < -0.39 is 9.84 Å². The van der Waals surface area contributed by atoms with Crippen molar-refractivity contribution in [2.24, 2.45) is 0 Å². The van der Waals surface area contributed by atoms with Crippen LogP contribution in [-0.4, -0.2) is 23.9 Å². The van der Waals surface area contributed by atoms with E-state index >= 15 is 0 Å². The van der Waals surface area contributed by atoms with Gasteiger partial charge in [-0.05, 0) is 42.5 Å². The zero-order valence-corrected chi connectivity index (χ0v) is 11.8. The summed E-state index contributed by atoms with van der Waals surface area (Å²) in [5.74, 6) is 0. The quantitative estimate of drug-likeness (QED) is 0.810. The topological polar surface area (TPSA) is 60.2 Å². The maximum atomic E-state index is 12.3. The first-order valence-corrected chi connectivity index (χ1v) is 8.52. The van der Waals surface area contributed by atoms with Crippen molar-refractivity contribution in [2.75, 3.05) is 0 Å². The Morgan fingerprint density at radius 3 is 3.00 bits per heavy atom. The van der Waals surface area contributed by atoms with Crippen LogP contribution in [0.3, 0.4) is 0 Å². The molecule has 2 aliphatic rings. The van der Waals surface area contributed by atoms with Crippen molar-refractivity contribution < 1.29 is 12.8 Å². The molecule has 0 N–H and O–H groups in total. The van der Waals surface area contributed by atoms with Crippen LogP contribution in [0.5, 0.6) is 0 Å². The summed E-state index contributed by atoms with van der Waals surface area (Å²) in [7, 11) is -2.95. The number of oxazole rings is 1. The number of fused-ring (bicyclic) bond motifs is 3. The van der Waals surface area contributed by atoms with Crippen LogP contribution in [0.2, 0.25) is 0 Å². The molecule has 0 saturated carbocycles. The van der Waals surface area contributed by atoms with Gasteiger partial charge >= 0.3 is 0 Å². The number of hydrogen-bond acceptors (Lipinski definition) is 4. The van der Waals surface area contributed by atoms with Crippen molar-refractivity contribution in [3.05, 3.63) is 36.2 Å². The molecular formula is C15H15NO3S. The van der Waals surface area contributed by atoms with E-state index in [0.717, 1.165) is 41.5 Å². The van der Waals surface area contributed by atoms with Crippen LogP contribution in [0.15, 0.2) is 35.1 Å². The molecule has 2 aliphatic heterocycles. The van der Waals surface area contributed by atoms with E-state index in [9.17, 15) is 8.42 Å². The highest BCUT2D eigenvalue weighted by molar-refractivity contribution is 7.93. The molecule has 4 rings (SSSR count). The zero-order chi connectivity index (χ0) is 13.7. The molecule has 2 unspecified atom stereocenters. The summed E-state index contributed by atoms with van der Waals surface area (Å²) < 4.78 is 29.8. The molecule has 2 bridgehead atoms. The lowest BCUT2D eigenvalue weighted by Crippen LogP contribution is -2.38. The lowest BCUT2D eigenvalue weighted by atomic mass is 9.93. The fraction of sp³-hybridized carbons (Fsp3) is 0.400. The molecule has 0 aliphatic carbocycles. The molecule has 1 saturated heterocycles. The van der Waals surface area contributed by atoms with E-state index in [4.69, 9.17) is 4.42 Å². The van der Waals surface area contributed by atoms with Gasteiger partial charge in [0.05, 0.1) is 10.5 Å². The molecule has 20 heavy (non-hydrogen) atoms. The molecule has 0 radical (unpaired) electrons. The summed E-state index contributed by atoms with van der Waals surface area (Å²) >= 11 is 0. The van der Waals surface area contributed by atoms with E-state index in [1.165, 1.54) is 6.39 Å². The highest BCUT2D eigenvalue weighted by Crippen LogP contribution is 2.39. The molecule has 1 fully saturated rings. The average molecular weight is 289 g/mol. The van der Waals surface area contributed by atoms with Gasteiger partial charge in [-0.1, -0.05) is 18.6 Å². The van der Waals surface area contributed by atoms with Gasteiger partial charge in [0.25, 0.3) is 0 Å².